The van der Waals surface area contributed by atoms with Gasteiger partial charge in [-0.3, -0.25) is 0 Å². The average Bonchev–Trinajstić information content (AvgIpc) is 3.01. The molecule has 0 bridgehead atoms. The summed E-state index contributed by atoms with van der Waals surface area (Å²) in [5.74, 6) is -0.104. The summed E-state index contributed by atoms with van der Waals surface area (Å²) in [6.07, 6.45) is 7.12. The molecule has 130 valence electrons. The molecule has 1 aliphatic carbocycles. The zero-order valence-corrected chi connectivity index (χ0v) is 19.4. The molecule has 0 radical (unpaired) electrons. The summed E-state index contributed by atoms with van der Waals surface area (Å²) >= 11 is -3.26. The molecule has 0 saturated heterocycles. The molecule has 0 heterocycles. The molecule has 0 spiro atoms. The molecule has 1 aliphatic rings. The van der Waals surface area contributed by atoms with Crippen LogP contribution < -0.4 is 3.80 Å². The van der Waals surface area contributed by atoms with Crippen LogP contribution in [-0.2, 0) is 14.0 Å². The third-order valence-corrected chi connectivity index (χ3v) is 26.3. The number of carbonyl (C=O) groups excluding carboxylic acids is 1. The third-order valence-electron chi connectivity index (χ3n) is 5.01. The third kappa shape index (κ3) is 3.76. The van der Waals surface area contributed by atoms with Crippen molar-refractivity contribution in [3.8, 4) is 0 Å². The first kappa shape index (κ1) is 20.0. The Hall–Kier alpha value is -0.319. The van der Waals surface area contributed by atoms with Crippen molar-refractivity contribution in [2.45, 2.75) is 47.2 Å². The van der Waals surface area contributed by atoms with Gasteiger partial charge in [0.15, 0.2) is 0 Å². The molecular formula is C18H25Cl2NOSiTi. The van der Waals surface area contributed by atoms with Crippen LogP contribution in [0.2, 0.25) is 13.1 Å². The molecule has 2 nitrogen and oxygen atoms in total. The average molecular weight is 418 g/mol. The van der Waals surface area contributed by atoms with Crippen molar-refractivity contribution in [1.82, 2.24) is 3.80 Å². The van der Waals surface area contributed by atoms with Crippen LogP contribution >= 0.6 is 18.6 Å². The first-order valence-corrected chi connectivity index (χ1v) is 18.9. The zero-order valence-electron chi connectivity index (χ0n) is 15.2. The first-order chi connectivity index (χ1) is 11.1. The van der Waals surface area contributed by atoms with Gasteiger partial charge >= 0.3 is 158 Å². The van der Waals surface area contributed by atoms with E-state index in [9.17, 15) is 4.79 Å². The summed E-state index contributed by atoms with van der Waals surface area (Å²) < 4.78 is 3.04. The molecular weight excluding hydrogens is 393 g/mol. The van der Waals surface area contributed by atoms with Gasteiger partial charge in [0, 0.05) is 0 Å². The topological polar surface area (TPSA) is 29.1 Å². The molecule has 0 fully saturated rings. The van der Waals surface area contributed by atoms with E-state index in [1.54, 1.807) is 0 Å². The van der Waals surface area contributed by atoms with Gasteiger partial charge in [0.2, 0.25) is 0 Å². The molecule has 0 saturated carbocycles. The second-order valence-electron chi connectivity index (χ2n) is 6.81. The number of carbonyl (C=O) groups is 1. The number of rotatable bonds is 4. The maximum absolute atomic E-state index is 13.1. The van der Waals surface area contributed by atoms with Gasteiger partial charge in [0.05, 0.1) is 0 Å². The molecule has 24 heavy (non-hydrogen) atoms. The minimum atomic E-state index is -3.26. The Kier molecular flexibility index (Phi) is 6.26. The quantitative estimate of drug-likeness (QED) is 0.656. The van der Waals surface area contributed by atoms with Crippen LogP contribution in [0.15, 0.2) is 18.2 Å². The van der Waals surface area contributed by atoms with Crippen LogP contribution in [0.3, 0.4) is 0 Å². The van der Waals surface area contributed by atoms with Gasteiger partial charge in [0.1, 0.15) is 0 Å². The number of amides is 1. The van der Waals surface area contributed by atoms with Crippen molar-refractivity contribution in [3.05, 3.63) is 51.6 Å². The van der Waals surface area contributed by atoms with Gasteiger partial charge in [-0.05, 0) is 0 Å². The van der Waals surface area contributed by atoms with Gasteiger partial charge in [0.25, 0.3) is 0 Å². The summed E-state index contributed by atoms with van der Waals surface area (Å²) in [6, 6.07) is 0. The number of hydrogen-bond acceptors (Lipinski definition) is 1. The van der Waals surface area contributed by atoms with Crippen molar-refractivity contribution in [1.29, 1.82) is 0 Å². The second-order valence-corrected chi connectivity index (χ2v) is 29.2. The van der Waals surface area contributed by atoms with Crippen LogP contribution in [0.1, 0.15) is 44.6 Å². The molecule has 2 rings (SSSR count). The normalized spacial score (nSPS) is 14.3. The molecule has 6 heteroatoms. The van der Waals surface area contributed by atoms with Crippen molar-refractivity contribution < 1.29 is 18.8 Å². The number of benzene rings is 1. The summed E-state index contributed by atoms with van der Waals surface area (Å²) in [7, 11) is 13.1. The molecule has 1 aromatic carbocycles. The molecule has 0 aromatic heterocycles. The molecule has 0 unspecified atom stereocenters. The van der Waals surface area contributed by atoms with Crippen LogP contribution in [-0.4, -0.2) is 12.6 Å². The Balaban J connectivity index is 2.62. The molecule has 0 aliphatic heterocycles. The fourth-order valence-corrected chi connectivity index (χ4v) is 6.55. The van der Waals surface area contributed by atoms with Crippen molar-refractivity contribution in [3.63, 3.8) is 0 Å². The Labute approximate surface area is 157 Å². The van der Waals surface area contributed by atoms with Crippen LogP contribution in [0.4, 0.5) is 0 Å². The Bertz CT molecular complexity index is 754. The number of nitrogens with one attached hydrogen (secondary N) is 1. The predicted molar refractivity (Wildman–Crippen MR) is 105 cm³/mol. The molecule has 1 aromatic rings. The van der Waals surface area contributed by atoms with E-state index in [0.717, 1.165) is 28.7 Å². The minimum absolute atomic E-state index is 0.104. The standard InChI is InChI=1S/C16H19NO.C2H7Si.2ClH.Ti/c1-9-10(2)12(4)15(16(17)18)14(11(9)3)13-7-5-6-8-13;1-3-2;;;/h5-7H,8H2,1-4H3,(H2,17,18);3H,1-2H3;2*1H;/q;;;;+3/p-3. The monoisotopic (exact) mass is 417 g/mol. The SMILES string of the molecule is Cc1c(C)c(C)c(C2=CC=CC2)c(C(=O)[NH][Ti]([Cl])([Cl])[SiH](C)C)c1C. The summed E-state index contributed by atoms with van der Waals surface area (Å²) in [5, 5.41) is 0. The van der Waals surface area contributed by atoms with E-state index in [1.165, 1.54) is 16.7 Å². The Morgan fingerprint density at radius 2 is 1.67 bits per heavy atom. The van der Waals surface area contributed by atoms with E-state index in [1.807, 2.05) is 13.0 Å². The first-order valence-electron chi connectivity index (χ1n) is 8.24. The van der Waals surface area contributed by atoms with Gasteiger partial charge < -0.3 is 0 Å². The number of hydrogen-bond donors (Lipinski definition) is 1. The maximum atomic E-state index is 13.1. The van der Waals surface area contributed by atoms with Crippen molar-refractivity contribution >= 4 is 36.8 Å². The zero-order chi connectivity index (χ0) is 18.2. The summed E-state index contributed by atoms with van der Waals surface area (Å²) in [4.78, 5) is 13.1. The van der Waals surface area contributed by atoms with E-state index >= 15 is 0 Å². The van der Waals surface area contributed by atoms with Gasteiger partial charge in [-0.1, -0.05) is 0 Å². The van der Waals surface area contributed by atoms with Crippen LogP contribution in [0.25, 0.3) is 5.57 Å². The van der Waals surface area contributed by atoms with Gasteiger partial charge in [-0.25, -0.2) is 0 Å². The summed E-state index contributed by atoms with van der Waals surface area (Å²) in [5.41, 5.74) is 7.59. The molecule has 0 atom stereocenters. The fraction of sp³-hybridized carbons (Fsp3) is 0.389. The number of allylic oxidation sites excluding steroid dienone is 4. The van der Waals surface area contributed by atoms with Crippen LogP contribution in [0.5, 0.6) is 0 Å². The van der Waals surface area contributed by atoms with Crippen molar-refractivity contribution in [2.24, 2.45) is 0 Å². The summed E-state index contributed by atoms with van der Waals surface area (Å²) in [6.45, 7) is 11.2. The van der Waals surface area contributed by atoms with E-state index in [-0.39, 0.29) is 5.91 Å². The molecule has 1 amide bonds. The van der Waals surface area contributed by atoms with E-state index in [4.69, 9.17) is 18.6 Å². The van der Waals surface area contributed by atoms with E-state index in [0.29, 0.717) is 0 Å². The van der Waals surface area contributed by atoms with E-state index < -0.39 is 20.6 Å². The second kappa shape index (κ2) is 7.51. The van der Waals surface area contributed by atoms with Gasteiger partial charge in [-0.2, -0.15) is 0 Å². The Morgan fingerprint density at radius 1 is 1.08 bits per heavy atom. The molecule has 1 N–H and O–H groups in total. The number of halogens is 2. The Morgan fingerprint density at radius 3 is 2.17 bits per heavy atom. The fourth-order valence-electron chi connectivity index (χ4n) is 2.99. The van der Waals surface area contributed by atoms with Crippen molar-refractivity contribution in [2.75, 3.05) is 0 Å². The van der Waals surface area contributed by atoms with Gasteiger partial charge in [-0.15, -0.1) is 0 Å². The predicted octanol–water partition coefficient (Wildman–Crippen LogP) is 5.35. The van der Waals surface area contributed by atoms with E-state index in [2.05, 4.69) is 49.8 Å². The van der Waals surface area contributed by atoms with Crippen LogP contribution in [0, 0.1) is 27.7 Å².